The normalized spacial score (nSPS) is 14.7. The van der Waals surface area contributed by atoms with Gasteiger partial charge in [0.05, 0.1) is 29.3 Å². The molecule has 0 atom stereocenters. The Bertz CT molecular complexity index is 1220. The number of rotatable bonds is 8. The molecule has 4 rings (SSSR count). The molecule has 5 nitrogen and oxygen atoms in total. The largest absolute Gasteiger partial charge is 0.494 e. The zero-order valence-corrected chi connectivity index (χ0v) is 22.1. The van der Waals surface area contributed by atoms with Gasteiger partial charge in [0.1, 0.15) is 11.6 Å². The fourth-order valence-electron chi connectivity index (χ4n) is 4.61. The van der Waals surface area contributed by atoms with E-state index in [9.17, 15) is 9.18 Å². The van der Waals surface area contributed by atoms with Crippen LogP contribution in [-0.2, 0) is 11.2 Å². The van der Waals surface area contributed by atoms with E-state index in [-0.39, 0.29) is 22.9 Å². The summed E-state index contributed by atoms with van der Waals surface area (Å²) >= 11 is 6.06. The standard InChI is InChI=1S/C29H35ClFN3O2/c1-29(2,3)33-27(35)19-22-16-21-17-23(36-15-7-14-34-12-5-4-6-13-34)9-11-26(21)32-28(22)20-8-10-25(31)24(30)18-20/h8-11,16-18H,4-7,12-15,19H2,1-3H3,(H,33,35). The maximum absolute atomic E-state index is 13.8. The molecule has 0 saturated carbocycles. The zero-order valence-electron chi connectivity index (χ0n) is 21.4. The van der Waals surface area contributed by atoms with E-state index in [1.807, 2.05) is 45.0 Å². The highest BCUT2D eigenvalue weighted by molar-refractivity contribution is 6.31. The number of nitrogens with zero attached hydrogens (tertiary/aromatic N) is 2. The quantitative estimate of drug-likeness (QED) is 0.355. The molecular weight excluding hydrogens is 477 g/mol. The van der Waals surface area contributed by atoms with Gasteiger partial charge in [-0.3, -0.25) is 4.79 Å². The van der Waals surface area contributed by atoms with Crippen molar-refractivity contribution in [1.29, 1.82) is 0 Å². The second-order valence-corrected chi connectivity index (χ2v) is 11.0. The van der Waals surface area contributed by atoms with Gasteiger partial charge >= 0.3 is 0 Å². The molecule has 0 aliphatic carbocycles. The Morgan fingerprint density at radius 1 is 1.11 bits per heavy atom. The lowest BCUT2D eigenvalue weighted by Crippen LogP contribution is -2.41. The van der Waals surface area contributed by atoms with Gasteiger partial charge in [-0.25, -0.2) is 9.37 Å². The fraction of sp³-hybridized carbons (Fsp3) is 0.448. The van der Waals surface area contributed by atoms with Gasteiger partial charge in [-0.05, 0) is 101 Å². The number of carbonyl (C=O) groups is 1. The lowest BCUT2D eigenvalue weighted by Gasteiger charge is -2.26. The molecule has 0 radical (unpaired) electrons. The average Bonchev–Trinajstić information content (AvgIpc) is 2.82. The van der Waals surface area contributed by atoms with E-state index >= 15 is 0 Å². The maximum atomic E-state index is 13.8. The second-order valence-electron chi connectivity index (χ2n) is 10.6. The lowest BCUT2D eigenvalue weighted by molar-refractivity contribution is -0.121. The molecule has 1 aromatic heterocycles. The zero-order chi connectivity index (χ0) is 25.7. The Morgan fingerprint density at radius 3 is 2.61 bits per heavy atom. The van der Waals surface area contributed by atoms with Gasteiger partial charge in [-0.1, -0.05) is 18.0 Å². The molecule has 7 heteroatoms. The third kappa shape index (κ3) is 7.17. The van der Waals surface area contributed by atoms with Gasteiger partial charge in [-0.15, -0.1) is 0 Å². The molecule has 0 bridgehead atoms. The Balaban J connectivity index is 1.56. The molecule has 2 aromatic carbocycles. The third-order valence-corrected chi connectivity index (χ3v) is 6.55. The van der Waals surface area contributed by atoms with E-state index in [0.29, 0.717) is 17.9 Å². The van der Waals surface area contributed by atoms with Crippen LogP contribution < -0.4 is 10.1 Å². The molecule has 1 N–H and O–H groups in total. The Hall–Kier alpha value is -2.70. The van der Waals surface area contributed by atoms with Crippen LogP contribution >= 0.6 is 11.6 Å². The summed E-state index contributed by atoms with van der Waals surface area (Å²) in [6, 6.07) is 12.3. The number of ether oxygens (including phenoxy) is 1. The number of benzene rings is 2. The van der Waals surface area contributed by atoms with E-state index < -0.39 is 5.82 Å². The van der Waals surface area contributed by atoms with Gasteiger partial charge in [-0.2, -0.15) is 0 Å². The van der Waals surface area contributed by atoms with E-state index in [1.165, 1.54) is 38.4 Å². The number of nitrogens with one attached hydrogen (secondary N) is 1. The monoisotopic (exact) mass is 511 g/mol. The van der Waals surface area contributed by atoms with E-state index in [0.717, 1.165) is 35.2 Å². The van der Waals surface area contributed by atoms with Crippen LogP contribution in [0.5, 0.6) is 5.75 Å². The molecule has 1 aliphatic heterocycles. The lowest BCUT2D eigenvalue weighted by atomic mass is 9.99. The highest BCUT2D eigenvalue weighted by Crippen LogP contribution is 2.31. The molecule has 2 heterocycles. The summed E-state index contributed by atoms with van der Waals surface area (Å²) in [6.07, 6.45) is 5.06. The van der Waals surface area contributed by atoms with Crippen molar-refractivity contribution in [1.82, 2.24) is 15.2 Å². The van der Waals surface area contributed by atoms with Crippen molar-refractivity contribution in [3.63, 3.8) is 0 Å². The number of hydrogen-bond acceptors (Lipinski definition) is 4. The van der Waals surface area contributed by atoms with Crippen LogP contribution in [-0.4, -0.2) is 47.6 Å². The minimum Gasteiger partial charge on any atom is -0.494 e. The molecule has 192 valence electrons. The molecule has 1 saturated heterocycles. The van der Waals surface area contributed by atoms with Gasteiger partial charge in [0.25, 0.3) is 0 Å². The summed E-state index contributed by atoms with van der Waals surface area (Å²) in [7, 11) is 0. The van der Waals surface area contributed by atoms with Crippen molar-refractivity contribution in [3.05, 3.63) is 58.9 Å². The number of piperidine rings is 1. The van der Waals surface area contributed by atoms with Crippen LogP contribution in [0.3, 0.4) is 0 Å². The molecule has 1 amide bonds. The highest BCUT2D eigenvalue weighted by Gasteiger charge is 2.18. The molecule has 3 aromatic rings. The maximum Gasteiger partial charge on any atom is 0.224 e. The summed E-state index contributed by atoms with van der Waals surface area (Å²) in [5, 5.41) is 3.92. The smallest absolute Gasteiger partial charge is 0.224 e. The summed E-state index contributed by atoms with van der Waals surface area (Å²) < 4.78 is 19.9. The Kier molecular flexibility index (Phi) is 8.47. The summed E-state index contributed by atoms with van der Waals surface area (Å²) in [5.41, 5.74) is 2.44. The SMILES string of the molecule is CC(C)(C)NC(=O)Cc1cc2cc(OCCCN3CCCCC3)ccc2nc1-c1ccc(F)c(Cl)c1. The molecule has 1 fully saturated rings. The molecule has 36 heavy (non-hydrogen) atoms. The first-order chi connectivity index (χ1) is 17.2. The minimum absolute atomic E-state index is 0.0211. The number of carbonyl (C=O) groups excluding carboxylic acids is 1. The summed E-state index contributed by atoms with van der Waals surface area (Å²) in [4.78, 5) is 20.1. The number of hydrogen-bond donors (Lipinski definition) is 1. The van der Waals surface area contributed by atoms with Crippen LogP contribution in [0.1, 0.15) is 52.0 Å². The van der Waals surface area contributed by atoms with Crippen LogP contribution in [0, 0.1) is 5.82 Å². The highest BCUT2D eigenvalue weighted by atomic mass is 35.5. The van der Waals surface area contributed by atoms with Gasteiger partial charge in [0.15, 0.2) is 0 Å². The summed E-state index contributed by atoms with van der Waals surface area (Å²) in [5.74, 6) is 0.184. The van der Waals surface area contributed by atoms with E-state index in [4.69, 9.17) is 21.3 Å². The van der Waals surface area contributed by atoms with Gasteiger partial charge in [0.2, 0.25) is 5.91 Å². The fourth-order valence-corrected chi connectivity index (χ4v) is 4.79. The molecule has 0 spiro atoms. The van der Waals surface area contributed by atoms with Crippen LogP contribution in [0.2, 0.25) is 5.02 Å². The second kappa shape index (κ2) is 11.6. The van der Waals surface area contributed by atoms with Crippen molar-refractivity contribution in [2.75, 3.05) is 26.2 Å². The Labute approximate surface area is 218 Å². The molecule has 1 aliphatic rings. The van der Waals surface area contributed by atoms with Gasteiger partial charge in [0, 0.05) is 23.0 Å². The van der Waals surface area contributed by atoms with E-state index in [1.54, 1.807) is 12.1 Å². The predicted molar refractivity (Wildman–Crippen MR) is 144 cm³/mol. The number of amides is 1. The van der Waals surface area contributed by atoms with Crippen LogP contribution in [0.4, 0.5) is 4.39 Å². The van der Waals surface area contributed by atoms with Crippen molar-refractivity contribution < 1.29 is 13.9 Å². The average molecular weight is 512 g/mol. The van der Waals surface area contributed by atoms with E-state index in [2.05, 4.69) is 10.2 Å². The first-order valence-electron chi connectivity index (χ1n) is 12.7. The molecule has 0 unspecified atom stereocenters. The number of pyridine rings is 1. The van der Waals surface area contributed by atoms with Crippen LogP contribution in [0.25, 0.3) is 22.2 Å². The number of fused-ring (bicyclic) bond motifs is 1. The predicted octanol–water partition coefficient (Wildman–Crippen LogP) is 6.41. The summed E-state index contributed by atoms with van der Waals surface area (Å²) in [6.45, 7) is 9.93. The van der Waals surface area contributed by atoms with Crippen molar-refractivity contribution in [2.45, 2.75) is 58.4 Å². The molecular formula is C29H35ClFN3O2. The Morgan fingerprint density at radius 2 is 1.89 bits per heavy atom. The van der Waals surface area contributed by atoms with Crippen molar-refractivity contribution in [3.8, 4) is 17.0 Å². The van der Waals surface area contributed by atoms with Crippen molar-refractivity contribution in [2.24, 2.45) is 0 Å². The van der Waals surface area contributed by atoms with Crippen molar-refractivity contribution >= 4 is 28.4 Å². The third-order valence-electron chi connectivity index (χ3n) is 6.26. The number of aromatic nitrogens is 1. The topological polar surface area (TPSA) is 54.5 Å². The minimum atomic E-state index is -0.490. The number of halogens is 2. The first kappa shape index (κ1) is 26.4. The van der Waals surface area contributed by atoms with Gasteiger partial charge < -0.3 is 15.0 Å². The van der Waals surface area contributed by atoms with Crippen LogP contribution in [0.15, 0.2) is 42.5 Å². The first-order valence-corrected chi connectivity index (χ1v) is 13.1. The number of likely N-dealkylation sites (tertiary alicyclic amines) is 1.